The molecule has 110 valence electrons. The van der Waals surface area contributed by atoms with Crippen molar-refractivity contribution >= 4 is 5.97 Å². The molecule has 0 bridgehead atoms. The molecule has 2 fully saturated rings. The van der Waals surface area contributed by atoms with Crippen LogP contribution in [-0.4, -0.2) is 41.8 Å². The Labute approximate surface area is 118 Å². The molecule has 0 aromatic carbocycles. The molecule has 1 aliphatic heterocycles. The summed E-state index contributed by atoms with van der Waals surface area (Å²) in [5.41, 5.74) is 0. The maximum absolute atomic E-state index is 11.7. The molecule has 0 radical (unpaired) electrons. The molecule has 0 amide bonds. The van der Waals surface area contributed by atoms with Crippen LogP contribution in [0.1, 0.15) is 37.2 Å². The number of rotatable bonds is 4. The minimum Gasteiger partial charge on any atom is -0.468 e. The van der Waals surface area contributed by atoms with Gasteiger partial charge in [-0.2, -0.15) is 0 Å². The van der Waals surface area contributed by atoms with Gasteiger partial charge in [-0.15, -0.1) is 0 Å². The lowest BCUT2D eigenvalue weighted by molar-refractivity contribution is -0.146. The third kappa shape index (κ3) is 2.60. The number of β-amino-alcohol motifs (C(OH)–C–C–N with tert-alkyl or cyclic N) is 1. The number of ether oxygens (including phenoxy) is 1. The second kappa shape index (κ2) is 5.22. The first-order chi connectivity index (χ1) is 9.58. The molecule has 1 saturated heterocycles. The summed E-state index contributed by atoms with van der Waals surface area (Å²) in [6.45, 7) is 3.24. The lowest BCUT2D eigenvalue weighted by atomic mass is 10.2. The molecule has 5 nitrogen and oxygen atoms in total. The number of hydrogen-bond donors (Lipinski definition) is 1. The molecule has 1 saturated carbocycles. The highest BCUT2D eigenvalue weighted by atomic mass is 16.5. The first-order valence-corrected chi connectivity index (χ1v) is 7.17. The van der Waals surface area contributed by atoms with Crippen molar-refractivity contribution in [2.45, 2.75) is 44.4 Å². The van der Waals surface area contributed by atoms with Crippen LogP contribution in [0.4, 0.5) is 0 Å². The lowest BCUT2D eigenvalue weighted by Crippen LogP contribution is -2.36. The van der Waals surface area contributed by atoms with Crippen LogP contribution < -0.4 is 0 Å². The van der Waals surface area contributed by atoms with Gasteiger partial charge < -0.3 is 14.3 Å². The molecule has 2 aliphatic rings. The van der Waals surface area contributed by atoms with Crippen molar-refractivity contribution in [3.05, 3.63) is 23.7 Å². The van der Waals surface area contributed by atoms with Gasteiger partial charge in [0.05, 0.1) is 19.8 Å². The SMILES string of the molecule is COC(=O)[C@@H]1C[C@H](O)CN1Cc1ccc([C@@H]2C[C@H]2C)o1. The number of aliphatic hydroxyl groups excluding tert-OH is 1. The minimum absolute atomic E-state index is 0.288. The van der Waals surface area contributed by atoms with E-state index in [0.29, 0.717) is 31.3 Å². The smallest absolute Gasteiger partial charge is 0.323 e. The second-order valence-corrected chi connectivity index (χ2v) is 5.98. The van der Waals surface area contributed by atoms with Crippen LogP contribution in [0.2, 0.25) is 0 Å². The highest BCUT2D eigenvalue weighted by Crippen LogP contribution is 2.47. The van der Waals surface area contributed by atoms with Crippen LogP contribution in [0.5, 0.6) is 0 Å². The van der Waals surface area contributed by atoms with Crippen molar-refractivity contribution in [2.24, 2.45) is 5.92 Å². The van der Waals surface area contributed by atoms with Gasteiger partial charge >= 0.3 is 5.97 Å². The van der Waals surface area contributed by atoms with E-state index in [2.05, 4.69) is 6.92 Å². The van der Waals surface area contributed by atoms with E-state index in [1.54, 1.807) is 0 Å². The van der Waals surface area contributed by atoms with Crippen molar-refractivity contribution in [2.75, 3.05) is 13.7 Å². The summed E-state index contributed by atoms with van der Waals surface area (Å²) in [5, 5.41) is 9.75. The highest BCUT2D eigenvalue weighted by Gasteiger charge is 2.38. The van der Waals surface area contributed by atoms with Gasteiger partial charge in [-0.3, -0.25) is 9.69 Å². The zero-order chi connectivity index (χ0) is 14.3. The topological polar surface area (TPSA) is 62.9 Å². The molecule has 0 unspecified atom stereocenters. The Hall–Kier alpha value is -1.33. The molecule has 1 aliphatic carbocycles. The summed E-state index contributed by atoms with van der Waals surface area (Å²) in [6.07, 6.45) is 1.15. The third-order valence-electron chi connectivity index (χ3n) is 4.37. The van der Waals surface area contributed by atoms with Crippen molar-refractivity contribution in [1.82, 2.24) is 4.90 Å². The van der Waals surface area contributed by atoms with Crippen LogP contribution in [-0.2, 0) is 16.1 Å². The lowest BCUT2D eigenvalue weighted by Gasteiger charge is -2.20. The average molecular weight is 279 g/mol. The second-order valence-electron chi connectivity index (χ2n) is 5.98. The number of nitrogens with zero attached hydrogens (tertiary/aromatic N) is 1. The van der Waals surface area contributed by atoms with Crippen molar-refractivity contribution in [3.8, 4) is 0 Å². The van der Waals surface area contributed by atoms with Crippen molar-refractivity contribution in [3.63, 3.8) is 0 Å². The molecule has 20 heavy (non-hydrogen) atoms. The Morgan fingerprint density at radius 2 is 2.25 bits per heavy atom. The summed E-state index contributed by atoms with van der Waals surface area (Å²) in [5.74, 6) is 2.88. The number of esters is 1. The van der Waals surface area contributed by atoms with Crippen molar-refractivity contribution in [1.29, 1.82) is 0 Å². The van der Waals surface area contributed by atoms with E-state index in [-0.39, 0.29) is 12.0 Å². The van der Waals surface area contributed by atoms with Gasteiger partial charge in [0.2, 0.25) is 0 Å². The average Bonchev–Trinajstić information content (AvgIpc) is 2.85. The molecule has 0 spiro atoms. The Morgan fingerprint density at radius 3 is 2.90 bits per heavy atom. The Balaban J connectivity index is 1.66. The van der Waals surface area contributed by atoms with E-state index in [0.717, 1.165) is 11.5 Å². The van der Waals surface area contributed by atoms with E-state index in [4.69, 9.17) is 9.15 Å². The van der Waals surface area contributed by atoms with Gasteiger partial charge in [0.1, 0.15) is 17.6 Å². The van der Waals surface area contributed by atoms with Gasteiger partial charge in [0, 0.05) is 18.9 Å². The van der Waals surface area contributed by atoms with Crippen LogP contribution >= 0.6 is 0 Å². The van der Waals surface area contributed by atoms with Crippen LogP contribution in [0, 0.1) is 5.92 Å². The Morgan fingerprint density at radius 1 is 1.50 bits per heavy atom. The Bertz CT molecular complexity index is 498. The molecular formula is C15H21NO4. The summed E-state index contributed by atoms with van der Waals surface area (Å²) >= 11 is 0. The number of carbonyl (C=O) groups excluding carboxylic acids is 1. The monoisotopic (exact) mass is 279 g/mol. The molecule has 1 aromatic rings. The van der Waals surface area contributed by atoms with E-state index in [1.807, 2.05) is 17.0 Å². The van der Waals surface area contributed by atoms with E-state index in [9.17, 15) is 9.90 Å². The molecule has 1 aromatic heterocycles. The quantitative estimate of drug-likeness (QED) is 0.846. The first kappa shape index (κ1) is 13.6. The summed E-state index contributed by atoms with van der Waals surface area (Å²) in [4.78, 5) is 13.6. The largest absolute Gasteiger partial charge is 0.468 e. The van der Waals surface area contributed by atoms with Gasteiger partial charge in [-0.1, -0.05) is 6.92 Å². The number of hydrogen-bond acceptors (Lipinski definition) is 5. The van der Waals surface area contributed by atoms with Crippen LogP contribution in [0.25, 0.3) is 0 Å². The van der Waals surface area contributed by atoms with E-state index >= 15 is 0 Å². The number of furan rings is 1. The van der Waals surface area contributed by atoms with E-state index < -0.39 is 6.10 Å². The summed E-state index contributed by atoms with van der Waals surface area (Å²) in [6, 6.07) is 3.63. The maximum Gasteiger partial charge on any atom is 0.323 e. The van der Waals surface area contributed by atoms with E-state index in [1.165, 1.54) is 13.5 Å². The van der Waals surface area contributed by atoms with Crippen LogP contribution in [0.3, 0.4) is 0 Å². The highest BCUT2D eigenvalue weighted by molar-refractivity contribution is 5.76. The molecule has 4 atom stereocenters. The molecule has 5 heteroatoms. The fourth-order valence-electron chi connectivity index (χ4n) is 3.03. The molecule has 3 rings (SSSR count). The maximum atomic E-state index is 11.7. The Kier molecular flexibility index (Phi) is 3.56. The van der Waals surface area contributed by atoms with Gasteiger partial charge in [-0.05, 0) is 24.5 Å². The fraction of sp³-hybridized carbons (Fsp3) is 0.667. The molecule has 2 heterocycles. The molecular weight excluding hydrogens is 258 g/mol. The minimum atomic E-state index is -0.475. The predicted octanol–water partition coefficient (Wildman–Crippen LogP) is 1.51. The van der Waals surface area contributed by atoms with Crippen molar-refractivity contribution < 1.29 is 19.1 Å². The van der Waals surface area contributed by atoms with Gasteiger partial charge in [0.25, 0.3) is 0 Å². The standard InChI is InChI=1S/C15H21NO4/c1-9-5-12(9)14-4-3-11(20-14)8-16-7-10(17)6-13(16)15(18)19-2/h3-4,9-10,12-13,17H,5-8H2,1-2H3/t9-,10+,12-,13+/m1/s1. The number of likely N-dealkylation sites (tertiary alicyclic amines) is 1. The summed E-state index contributed by atoms with van der Waals surface area (Å²) < 4.78 is 10.7. The zero-order valence-electron chi connectivity index (χ0n) is 11.9. The van der Waals surface area contributed by atoms with Gasteiger partial charge in [0.15, 0.2) is 0 Å². The van der Waals surface area contributed by atoms with Gasteiger partial charge in [-0.25, -0.2) is 0 Å². The zero-order valence-corrected chi connectivity index (χ0v) is 11.9. The number of methoxy groups -OCH3 is 1. The number of aliphatic hydroxyl groups is 1. The third-order valence-corrected chi connectivity index (χ3v) is 4.37. The normalized spacial score (nSPS) is 33.4. The first-order valence-electron chi connectivity index (χ1n) is 7.17. The summed E-state index contributed by atoms with van der Waals surface area (Å²) in [7, 11) is 1.38. The molecule has 1 N–H and O–H groups in total. The van der Waals surface area contributed by atoms with Crippen LogP contribution in [0.15, 0.2) is 16.5 Å². The number of carbonyl (C=O) groups is 1. The predicted molar refractivity (Wildman–Crippen MR) is 72.1 cm³/mol. The fourth-order valence-corrected chi connectivity index (χ4v) is 3.03.